The monoisotopic (exact) mass is 392 g/mol. The number of amides is 3. The normalized spacial score (nSPS) is 20.2. The first-order chi connectivity index (χ1) is 14.1. The molecule has 3 amide bonds. The van der Waals surface area contributed by atoms with Gasteiger partial charge in [-0.25, -0.2) is 4.79 Å². The Hall–Kier alpha value is -2.86. The first-order valence-corrected chi connectivity index (χ1v) is 10.3. The minimum atomic E-state index is -0.140. The van der Waals surface area contributed by atoms with E-state index < -0.39 is 0 Å². The lowest BCUT2D eigenvalue weighted by Gasteiger charge is -2.35. The fraction of sp³-hybridized carbons (Fsp3) is 0.391. The molecule has 2 heterocycles. The molecule has 6 heteroatoms. The second-order valence-corrected chi connectivity index (χ2v) is 7.94. The lowest BCUT2D eigenvalue weighted by atomic mass is 10.2. The highest BCUT2D eigenvalue weighted by atomic mass is 16.2. The number of carbonyl (C=O) groups is 2. The van der Waals surface area contributed by atoms with Gasteiger partial charge in [0, 0.05) is 51.4 Å². The van der Waals surface area contributed by atoms with Gasteiger partial charge in [0.1, 0.15) is 0 Å². The summed E-state index contributed by atoms with van der Waals surface area (Å²) in [6, 6.07) is 18.1. The zero-order valence-corrected chi connectivity index (χ0v) is 16.9. The molecule has 2 aromatic carbocycles. The number of hydrogen-bond donors (Lipinski definition) is 1. The van der Waals surface area contributed by atoms with Crippen LogP contribution in [0.1, 0.15) is 17.5 Å². The van der Waals surface area contributed by atoms with E-state index in [4.69, 9.17) is 0 Å². The van der Waals surface area contributed by atoms with Gasteiger partial charge in [-0.1, -0.05) is 48.0 Å². The minimum absolute atomic E-state index is 0.0619. The standard InChI is InChI=1S/C23H28N4O2/c1-18-7-9-21(10-8-18)27-17-20(15-22(27)28)24-23(29)26-13-11-25(12-14-26)16-19-5-3-2-4-6-19/h2-10,20H,11-17H2,1H3,(H,24,29). The summed E-state index contributed by atoms with van der Waals surface area (Å²) in [5.41, 5.74) is 3.36. The van der Waals surface area contributed by atoms with E-state index in [2.05, 4.69) is 34.5 Å². The number of nitrogens with zero attached hydrogens (tertiary/aromatic N) is 3. The van der Waals surface area contributed by atoms with Crippen LogP contribution in [0.3, 0.4) is 0 Å². The van der Waals surface area contributed by atoms with Gasteiger partial charge in [-0.3, -0.25) is 9.69 Å². The van der Waals surface area contributed by atoms with Gasteiger partial charge in [-0.15, -0.1) is 0 Å². The average molecular weight is 393 g/mol. The quantitative estimate of drug-likeness (QED) is 0.870. The highest BCUT2D eigenvalue weighted by Gasteiger charge is 2.33. The maximum Gasteiger partial charge on any atom is 0.317 e. The largest absolute Gasteiger partial charge is 0.333 e. The molecule has 4 rings (SSSR count). The molecule has 2 aliphatic rings. The highest BCUT2D eigenvalue weighted by molar-refractivity contribution is 5.96. The number of benzene rings is 2. The van der Waals surface area contributed by atoms with Crippen LogP contribution < -0.4 is 10.2 Å². The van der Waals surface area contributed by atoms with E-state index in [-0.39, 0.29) is 18.0 Å². The molecule has 1 unspecified atom stereocenters. The fourth-order valence-electron chi connectivity index (χ4n) is 4.00. The van der Waals surface area contributed by atoms with Crippen LogP contribution in [0, 0.1) is 6.92 Å². The molecule has 2 fully saturated rings. The number of piperazine rings is 1. The Balaban J connectivity index is 1.26. The smallest absolute Gasteiger partial charge is 0.317 e. The van der Waals surface area contributed by atoms with Gasteiger partial charge < -0.3 is 15.1 Å². The number of hydrogen-bond acceptors (Lipinski definition) is 3. The highest BCUT2D eigenvalue weighted by Crippen LogP contribution is 2.22. The number of carbonyl (C=O) groups excluding carboxylic acids is 2. The molecule has 152 valence electrons. The van der Waals surface area contributed by atoms with Crippen molar-refractivity contribution in [2.24, 2.45) is 0 Å². The maximum atomic E-state index is 12.7. The summed E-state index contributed by atoms with van der Waals surface area (Å²) in [5.74, 6) is 0.0619. The van der Waals surface area contributed by atoms with Crippen molar-refractivity contribution in [1.82, 2.24) is 15.1 Å². The predicted octanol–water partition coefficient (Wildman–Crippen LogP) is 2.63. The van der Waals surface area contributed by atoms with Gasteiger partial charge in [-0.05, 0) is 24.6 Å². The minimum Gasteiger partial charge on any atom is -0.333 e. The molecular formula is C23H28N4O2. The van der Waals surface area contributed by atoms with Crippen molar-refractivity contribution in [3.05, 3.63) is 65.7 Å². The van der Waals surface area contributed by atoms with Crippen molar-refractivity contribution in [2.45, 2.75) is 25.9 Å². The van der Waals surface area contributed by atoms with Crippen LogP contribution in [-0.4, -0.2) is 60.5 Å². The number of anilines is 1. The van der Waals surface area contributed by atoms with Crippen LogP contribution in [0.25, 0.3) is 0 Å². The van der Waals surface area contributed by atoms with Crippen molar-refractivity contribution in [3.63, 3.8) is 0 Å². The Morgan fingerprint density at radius 1 is 1.00 bits per heavy atom. The summed E-state index contributed by atoms with van der Waals surface area (Å²) in [6.07, 6.45) is 0.355. The average Bonchev–Trinajstić information content (AvgIpc) is 3.10. The Labute approximate surface area is 172 Å². The second-order valence-electron chi connectivity index (χ2n) is 7.94. The van der Waals surface area contributed by atoms with E-state index in [1.54, 1.807) is 4.90 Å². The number of urea groups is 1. The maximum absolute atomic E-state index is 12.7. The number of nitrogens with one attached hydrogen (secondary N) is 1. The van der Waals surface area contributed by atoms with Gasteiger partial charge in [0.05, 0.1) is 6.04 Å². The Morgan fingerprint density at radius 3 is 2.38 bits per heavy atom. The first kappa shape index (κ1) is 19.5. The molecule has 0 spiro atoms. The van der Waals surface area contributed by atoms with Crippen LogP contribution in [0.2, 0.25) is 0 Å². The van der Waals surface area contributed by atoms with E-state index in [1.807, 2.05) is 42.2 Å². The van der Waals surface area contributed by atoms with Crippen LogP contribution in [0.15, 0.2) is 54.6 Å². The van der Waals surface area contributed by atoms with Crippen molar-refractivity contribution in [2.75, 3.05) is 37.6 Å². The summed E-state index contributed by atoms with van der Waals surface area (Å²) in [6.45, 7) is 6.61. The van der Waals surface area contributed by atoms with E-state index >= 15 is 0 Å². The first-order valence-electron chi connectivity index (χ1n) is 10.3. The molecule has 6 nitrogen and oxygen atoms in total. The molecule has 2 aliphatic heterocycles. The number of aryl methyl sites for hydroxylation is 1. The van der Waals surface area contributed by atoms with Gasteiger partial charge >= 0.3 is 6.03 Å². The van der Waals surface area contributed by atoms with Gasteiger partial charge in [0.2, 0.25) is 5.91 Å². The van der Waals surface area contributed by atoms with Gasteiger partial charge in [0.15, 0.2) is 0 Å². The van der Waals surface area contributed by atoms with E-state index in [1.165, 1.54) is 5.56 Å². The summed E-state index contributed by atoms with van der Waals surface area (Å²) < 4.78 is 0. The topological polar surface area (TPSA) is 55.9 Å². The Bertz CT molecular complexity index is 845. The second kappa shape index (κ2) is 8.66. The van der Waals surface area contributed by atoms with E-state index in [0.717, 1.165) is 30.9 Å². The molecule has 0 radical (unpaired) electrons. The number of rotatable bonds is 4. The van der Waals surface area contributed by atoms with Crippen molar-refractivity contribution in [3.8, 4) is 0 Å². The third kappa shape index (κ3) is 4.77. The molecule has 2 saturated heterocycles. The summed E-state index contributed by atoms with van der Waals surface area (Å²) >= 11 is 0. The van der Waals surface area contributed by atoms with E-state index in [9.17, 15) is 9.59 Å². The zero-order chi connectivity index (χ0) is 20.2. The summed E-state index contributed by atoms with van der Waals surface area (Å²) in [4.78, 5) is 31.1. The van der Waals surface area contributed by atoms with Crippen molar-refractivity contribution >= 4 is 17.6 Å². The zero-order valence-electron chi connectivity index (χ0n) is 16.9. The van der Waals surface area contributed by atoms with Crippen LogP contribution in [-0.2, 0) is 11.3 Å². The van der Waals surface area contributed by atoms with Crippen LogP contribution in [0.4, 0.5) is 10.5 Å². The molecule has 29 heavy (non-hydrogen) atoms. The molecular weight excluding hydrogens is 364 g/mol. The molecule has 0 aliphatic carbocycles. The summed E-state index contributed by atoms with van der Waals surface area (Å²) in [5, 5.41) is 3.06. The predicted molar refractivity (Wildman–Crippen MR) is 114 cm³/mol. The van der Waals surface area contributed by atoms with Gasteiger partial charge in [0.25, 0.3) is 0 Å². The van der Waals surface area contributed by atoms with Crippen LogP contribution >= 0.6 is 0 Å². The Kier molecular flexibility index (Phi) is 5.81. The Morgan fingerprint density at radius 2 is 1.69 bits per heavy atom. The van der Waals surface area contributed by atoms with E-state index in [0.29, 0.717) is 26.1 Å². The third-order valence-electron chi connectivity index (χ3n) is 5.71. The van der Waals surface area contributed by atoms with Crippen molar-refractivity contribution in [1.29, 1.82) is 0 Å². The molecule has 1 N–H and O–H groups in total. The van der Waals surface area contributed by atoms with Crippen molar-refractivity contribution < 1.29 is 9.59 Å². The molecule has 0 bridgehead atoms. The van der Waals surface area contributed by atoms with Crippen LogP contribution in [0.5, 0.6) is 0 Å². The van der Waals surface area contributed by atoms with Gasteiger partial charge in [-0.2, -0.15) is 0 Å². The lowest BCUT2D eigenvalue weighted by Crippen LogP contribution is -2.53. The third-order valence-corrected chi connectivity index (χ3v) is 5.71. The lowest BCUT2D eigenvalue weighted by molar-refractivity contribution is -0.117. The molecule has 0 aromatic heterocycles. The molecule has 1 atom stereocenters. The molecule has 0 saturated carbocycles. The fourth-order valence-corrected chi connectivity index (χ4v) is 4.00. The summed E-state index contributed by atoms with van der Waals surface area (Å²) in [7, 11) is 0. The SMILES string of the molecule is Cc1ccc(N2CC(NC(=O)N3CCN(Cc4ccccc4)CC3)CC2=O)cc1. The molecule has 2 aromatic rings.